The van der Waals surface area contributed by atoms with Crippen LogP contribution in [0.2, 0.25) is 0 Å². The molecule has 6 nitrogen and oxygen atoms in total. The van der Waals surface area contributed by atoms with Crippen LogP contribution in [0, 0.1) is 13.8 Å². The Morgan fingerprint density at radius 1 is 0.452 bits per heavy atom. The number of benzene rings is 7. The summed E-state index contributed by atoms with van der Waals surface area (Å²) in [6.45, 7) is 18.4. The van der Waals surface area contributed by atoms with E-state index in [9.17, 15) is 0 Å². The number of nitrogens with one attached hydrogen (secondary N) is 2. The van der Waals surface area contributed by atoms with E-state index in [0.29, 0.717) is 0 Å². The van der Waals surface area contributed by atoms with Gasteiger partial charge >= 0.3 is 0 Å². The summed E-state index contributed by atoms with van der Waals surface area (Å²) in [6.07, 6.45) is 11.1. The first-order valence-electron chi connectivity index (χ1n) is 30.6. The summed E-state index contributed by atoms with van der Waals surface area (Å²) in [5.41, 5.74) is 28.1. The molecule has 0 saturated heterocycles. The van der Waals surface area contributed by atoms with Crippen molar-refractivity contribution in [2.75, 3.05) is 14.2 Å². The van der Waals surface area contributed by atoms with Gasteiger partial charge in [0.1, 0.15) is 11.5 Å². The monoisotopic (exact) mass is 1230 g/mol. The lowest BCUT2D eigenvalue weighted by atomic mass is 9.89. The van der Waals surface area contributed by atoms with E-state index < -0.39 is 0 Å². The maximum atomic E-state index is 6.22. The second-order valence-electron chi connectivity index (χ2n) is 23.6. The first-order valence-corrected chi connectivity index (χ1v) is 32.2. The topological polar surface area (TPSA) is 75.8 Å². The largest absolute Gasteiger partial charge is 0.495 e. The number of halogens is 2. The summed E-state index contributed by atoms with van der Waals surface area (Å²) in [5, 5.41) is 9.80. The Hall–Kier alpha value is -7.26. The molecule has 0 aliphatic carbocycles. The van der Waals surface area contributed by atoms with Gasteiger partial charge in [-0.1, -0.05) is 100 Å². The Kier molecular flexibility index (Phi) is 15.1. The molecule has 9 heterocycles. The summed E-state index contributed by atoms with van der Waals surface area (Å²) in [5.74, 6) is 1.78. The molecule has 424 valence electrons. The van der Waals surface area contributed by atoms with E-state index in [1.54, 1.807) is 14.2 Å². The van der Waals surface area contributed by atoms with Crippen molar-refractivity contribution in [2.45, 2.75) is 132 Å². The lowest BCUT2D eigenvalue weighted by Gasteiger charge is -2.20. The highest BCUT2D eigenvalue weighted by Gasteiger charge is 2.29. The molecule has 0 atom stereocenters. The van der Waals surface area contributed by atoms with Crippen molar-refractivity contribution >= 4 is 119 Å². The van der Waals surface area contributed by atoms with Crippen molar-refractivity contribution < 1.29 is 9.47 Å². The number of aromatic nitrogens is 4. The molecule has 3 aromatic heterocycles. The first-order chi connectivity index (χ1) is 40.9. The molecule has 0 saturated carbocycles. The van der Waals surface area contributed by atoms with E-state index in [0.717, 1.165) is 165 Å². The van der Waals surface area contributed by atoms with Gasteiger partial charge in [-0.05, 0) is 283 Å². The number of aromatic amines is 2. The molecule has 8 heteroatoms. The van der Waals surface area contributed by atoms with Gasteiger partial charge in [0.25, 0.3) is 0 Å². The first kappa shape index (κ1) is 55.9. The van der Waals surface area contributed by atoms with Crippen LogP contribution in [0.3, 0.4) is 0 Å². The number of aryl methyl sites for hydroxylation is 6. The Morgan fingerprint density at radius 2 is 0.881 bits per heavy atom. The van der Waals surface area contributed by atoms with E-state index in [2.05, 4.69) is 206 Å². The number of hydrogen-bond donors (Lipinski definition) is 2. The van der Waals surface area contributed by atoms with Crippen LogP contribution in [0.1, 0.15) is 147 Å². The predicted molar refractivity (Wildman–Crippen MR) is 364 cm³/mol. The maximum absolute atomic E-state index is 6.22. The van der Waals surface area contributed by atoms with Crippen molar-refractivity contribution in [1.82, 2.24) is 19.9 Å². The molecule has 0 spiro atoms. The van der Waals surface area contributed by atoms with Crippen molar-refractivity contribution in [1.29, 1.82) is 0 Å². The van der Waals surface area contributed by atoms with Gasteiger partial charge in [0.05, 0.1) is 57.0 Å². The van der Waals surface area contributed by atoms with E-state index in [1.165, 1.54) is 110 Å². The van der Waals surface area contributed by atoms with Crippen LogP contribution in [0.25, 0.3) is 110 Å². The van der Waals surface area contributed by atoms with Crippen molar-refractivity contribution in [3.05, 3.63) is 185 Å². The minimum atomic E-state index is 0.845. The molecule has 7 aromatic carbocycles. The Bertz CT molecular complexity index is 4520. The normalized spacial score (nSPS) is 14.1. The molecule has 0 amide bonds. The minimum Gasteiger partial charge on any atom is -0.495 e. The number of methoxy groups -OCH3 is 2. The SMILES string of the molecule is CCC1=C(C)c2nc1cc1[nH]c(c(C)c1CC)c1c3[nH]c(cc4nc(c2-c2cccc5cc6ccc(cc6cc25)CCCCc2c(Br)c(OC)c(c(Br)c2OC)CCCCc2ccc5cc6cccc-1c6cc5c2)C(C)=C4CC)c(CC)c3C. The fourth-order valence-electron chi connectivity index (χ4n) is 14.6. The zero-order chi connectivity index (χ0) is 58.2. The van der Waals surface area contributed by atoms with E-state index in [1.807, 2.05) is 0 Å². The number of hydrogen-bond acceptors (Lipinski definition) is 4. The number of allylic oxidation sites excluding steroid dienone is 4. The Labute approximate surface area is 511 Å². The molecular weight excluding hydrogens is 1160 g/mol. The van der Waals surface area contributed by atoms with Crippen LogP contribution in [0.5, 0.6) is 11.5 Å². The Balaban J connectivity index is 1.13. The van der Waals surface area contributed by atoms with Gasteiger partial charge in [0.15, 0.2) is 0 Å². The number of nitrogens with zero attached hydrogens (tertiary/aromatic N) is 2. The third-order valence-electron chi connectivity index (χ3n) is 19.0. The highest BCUT2D eigenvalue weighted by atomic mass is 79.9. The van der Waals surface area contributed by atoms with Gasteiger partial charge in [-0.3, -0.25) is 0 Å². The molecule has 6 aliphatic heterocycles. The molecule has 10 aromatic rings. The van der Waals surface area contributed by atoms with Crippen molar-refractivity contribution in [2.24, 2.45) is 0 Å². The highest BCUT2D eigenvalue weighted by Crippen LogP contribution is 2.49. The second kappa shape index (κ2) is 22.6. The van der Waals surface area contributed by atoms with Crippen LogP contribution in [-0.4, -0.2) is 34.2 Å². The Morgan fingerprint density at radius 3 is 1.30 bits per heavy atom. The molecule has 0 unspecified atom stereocenters. The fourth-order valence-corrected chi connectivity index (χ4v) is 16.2. The molecular formula is C76H74Br2N4O2. The highest BCUT2D eigenvalue weighted by molar-refractivity contribution is 9.11. The predicted octanol–water partition coefficient (Wildman–Crippen LogP) is 21.7. The molecule has 2 N–H and O–H groups in total. The van der Waals surface area contributed by atoms with Gasteiger partial charge in [-0.15, -0.1) is 0 Å². The molecule has 84 heavy (non-hydrogen) atoms. The van der Waals surface area contributed by atoms with Crippen LogP contribution in [0.4, 0.5) is 0 Å². The zero-order valence-corrected chi connectivity index (χ0v) is 53.5. The lowest BCUT2D eigenvalue weighted by molar-refractivity contribution is 0.388. The fraction of sp³-hybridized carbons (Fsp3) is 0.289. The second-order valence-corrected chi connectivity index (χ2v) is 25.2. The van der Waals surface area contributed by atoms with E-state index >= 15 is 0 Å². The number of H-pyrrole nitrogens is 2. The van der Waals surface area contributed by atoms with E-state index in [4.69, 9.17) is 19.4 Å². The minimum absolute atomic E-state index is 0.845. The summed E-state index contributed by atoms with van der Waals surface area (Å²) in [7, 11) is 3.58. The van der Waals surface area contributed by atoms with Gasteiger partial charge in [0, 0.05) is 33.3 Å². The van der Waals surface area contributed by atoms with Crippen LogP contribution >= 0.6 is 31.9 Å². The quantitative estimate of drug-likeness (QED) is 0.163. The van der Waals surface area contributed by atoms with Gasteiger partial charge in [-0.2, -0.15) is 0 Å². The molecule has 16 rings (SSSR count). The van der Waals surface area contributed by atoms with Crippen molar-refractivity contribution in [3.8, 4) is 33.8 Å². The number of rotatable bonds is 6. The standard InChI is InChI=1S/C76H74Br2N4O2/c1-11-53-41(5)71-67-57-27-19-23-49-35-47-31-29-45(33-51(47)37-61(49)57)21-15-17-25-59-69(77)76(84-10)60(70(78)75(59)83-9)26-18-16-22-46-30-32-48-36-50-24-20-28-58(62(50)38-52(48)34-46)68(73-42(6)54(12-2)64(80-73)39-63(53)79-71)74-44(8)56(14-4)66(82-74)40-65-55(13-3)43(7)72(67)81-65/h19-20,23-24,27-40,79,81H,11-18,21-22,25-26H2,1-10H3. The average molecular weight is 1240 g/mol. The van der Waals surface area contributed by atoms with Crippen molar-refractivity contribution in [3.63, 3.8) is 0 Å². The molecule has 6 aliphatic rings. The van der Waals surface area contributed by atoms with Crippen LogP contribution in [0.15, 0.2) is 118 Å². The molecule has 0 radical (unpaired) electrons. The van der Waals surface area contributed by atoms with Crippen LogP contribution < -0.4 is 9.47 Å². The zero-order valence-electron chi connectivity index (χ0n) is 50.3. The molecule has 18 bridgehead atoms. The van der Waals surface area contributed by atoms with Gasteiger partial charge in [-0.25, -0.2) is 9.97 Å². The lowest BCUT2D eigenvalue weighted by Crippen LogP contribution is -2.04. The number of ether oxygens (including phenoxy) is 2. The summed E-state index contributed by atoms with van der Waals surface area (Å²) in [6, 6.07) is 42.2. The summed E-state index contributed by atoms with van der Waals surface area (Å²) in [4.78, 5) is 20.0. The van der Waals surface area contributed by atoms with Crippen LogP contribution in [-0.2, 0) is 38.5 Å². The average Bonchev–Trinajstić information content (AvgIpc) is 3.45. The van der Waals surface area contributed by atoms with Gasteiger partial charge in [0.2, 0.25) is 0 Å². The summed E-state index contributed by atoms with van der Waals surface area (Å²) >= 11 is 8.07. The third kappa shape index (κ3) is 9.33. The third-order valence-corrected chi connectivity index (χ3v) is 20.7. The van der Waals surface area contributed by atoms with E-state index in [-0.39, 0.29) is 0 Å². The van der Waals surface area contributed by atoms with Gasteiger partial charge < -0.3 is 19.4 Å². The smallest absolute Gasteiger partial charge is 0.137 e. The maximum Gasteiger partial charge on any atom is 0.137 e. The summed E-state index contributed by atoms with van der Waals surface area (Å²) < 4.78 is 14.4. The molecule has 0 fully saturated rings.